The molecule has 0 saturated carbocycles. The molecule has 0 unspecified atom stereocenters. The van der Waals surface area contributed by atoms with Gasteiger partial charge in [-0.1, -0.05) is 0 Å². The van der Waals surface area contributed by atoms with Crippen LogP contribution in [-0.4, -0.2) is 30.1 Å². The topological polar surface area (TPSA) is 129 Å². The van der Waals surface area contributed by atoms with Gasteiger partial charge in [0.2, 0.25) is 0 Å². The monoisotopic (exact) mass is 413 g/mol. The van der Waals surface area contributed by atoms with Crippen molar-refractivity contribution in [1.29, 1.82) is 0 Å². The molecule has 0 saturated heterocycles. The second kappa shape index (κ2) is 9.52. The van der Waals surface area contributed by atoms with E-state index in [9.17, 15) is 19.7 Å². The molecule has 2 amide bonds. The lowest BCUT2D eigenvalue weighted by molar-refractivity contribution is -0.385. The molecule has 2 aromatic rings. The van der Waals surface area contributed by atoms with Crippen LogP contribution in [0.1, 0.15) is 28.4 Å². The zero-order valence-corrected chi connectivity index (χ0v) is 16.0. The summed E-state index contributed by atoms with van der Waals surface area (Å²) >= 11 is 0. The van der Waals surface area contributed by atoms with E-state index < -0.39 is 16.7 Å². The third-order valence-electron chi connectivity index (χ3n) is 4.08. The van der Waals surface area contributed by atoms with E-state index in [0.29, 0.717) is 34.8 Å². The number of nitro benzene ring substituents is 1. The number of hydrogen-bond donors (Lipinski definition) is 2. The van der Waals surface area contributed by atoms with Crippen LogP contribution >= 0.6 is 0 Å². The molecule has 3 rings (SSSR count). The molecule has 0 atom stereocenters. The zero-order chi connectivity index (χ0) is 21.5. The minimum absolute atomic E-state index is 0.00991. The molecule has 1 aliphatic rings. The first-order valence-electron chi connectivity index (χ1n) is 9.01. The maximum Gasteiger partial charge on any atom is 0.270 e. The van der Waals surface area contributed by atoms with Gasteiger partial charge < -0.3 is 14.2 Å². The van der Waals surface area contributed by atoms with Crippen LogP contribution in [0.2, 0.25) is 0 Å². The Bertz CT molecular complexity index is 987. The molecule has 1 aliphatic heterocycles. The number of nitro groups is 1. The van der Waals surface area contributed by atoms with Crippen molar-refractivity contribution < 1.29 is 28.7 Å². The minimum atomic E-state index is -0.624. The van der Waals surface area contributed by atoms with E-state index in [1.807, 2.05) is 6.92 Å². The van der Waals surface area contributed by atoms with Crippen LogP contribution in [0.4, 0.5) is 5.69 Å². The van der Waals surface area contributed by atoms with Crippen LogP contribution in [-0.2, 0) is 16.1 Å². The van der Waals surface area contributed by atoms with Gasteiger partial charge in [0.05, 0.1) is 18.1 Å². The van der Waals surface area contributed by atoms with Gasteiger partial charge in [0.1, 0.15) is 11.5 Å². The number of nitrogens with zero attached hydrogens (tertiary/aromatic N) is 1. The van der Waals surface area contributed by atoms with Crippen LogP contribution in [0, 0.1) is 10.1 Å². The number of rotatable bonds is 6. The summed E-state index contributed by atoms with van der Waals surface area (Å²) in [4.78, 5) is 34.7. The van der Waals surface area contributed by atoms with Gasteiger partial charge in [-0.05, 0) is 37.3 Å². The number of amides is 2. The fourth-order valence-corrected chi connectivity index (χ4v) is 2.73. The number of hydrogen-bond acceptors (Lipinski definition) is 7. The van der Waals surface area contributed by atoms with E-state index in [1.54, 1.807) is 24.3 Å². The third-order valence-corrected chi connectivity index (χ3v) is 4.08. The smallest absolute Gasteiger partial charge is 0.270 e. The first-order valence-corrected chi connectivity index (χ1v) is 9.01. The summed E-state index contributed by atoms with van der Waals surface area (Å²) in [5.41, 5.74) is 5.60. The van der Waals surface area contributed by atoms with E-state index in [2.05, 4.69) is 10.9 Å². The van der Waals surface area contributed by atoms with Gasteiger partial charge >= 0.3 is 0 Å². The Hall–Kier alpha value is -3.92. The molecular formula is C20H19N3O7. The lowest BCUT2D eigenvalue weighted by Crippen LogP contribution is -2.40. The molecule has 10 heteroatoms. The molecular weight excluding hydrogens is 394 g/mol. The SMILES string of the molecule is CCOc1ccc(C(=O)NNC(=O)/C=C/c2cc([N+](=O)[O-])cc3c2OCOC3)cc1. The Labute approximate surface area is 171 Å². The van der Waals surface area contributed by atoms with Crippen molar-refractivity contribution >= 4 is 23.6 Å². The molecule has 0 spiro atoms. The number of carbonyl (C=O) groups is 2. The summed E-state index contributed by atoms with van der Waals surface area (Å²) in [6.07, 6.45) is 2.51. The Kier molecular flexibility index (Phi) is 6.60. The number of fused-ring (bicyclic) bond motifs is 1. The van der Waals surface area contributed by atoms with Crippen LogP contribution in [0.5, 0.6) is 11.5 Å². The van der Waals surface area contributed by atoms with Gasteiger partial charge in [-0.2, -0.15) is 0 Å². The average molecular weight is 413 g/mol. The van der Waals surface area contributed by atoms with Gasteiger partial charge in [-0.25, -0.2) is 0 Å². The number of nitrogens with one attached hydrogen (secondary N) is 2. The summed E-state index contributed by atoms with van der Waals surface area (Å²) in [5.74, 6) is -0.0853. The average Bonchev–Trinajstić information content (AvgIpc) is 2.76. The molecule has 0 fully saturated rings. The third kappa shape index (κ3) is 5.11. The summed E-state index contributed by atoms with van der Waals surface area (Å²) < 4.78 is 15.8. The zero-order valence-electron chi connectivity index (χ0n) is 16.0. The highest BCUT2D eigenvalue weighted by Crippen LogP contribution is 2.33. The van der Waals surface area contributed by atoms with Gasteiger partial charge in [0.25, 0.3) is 17.5 Å². The van der Waals surface area contributed by atoms with Crippen LogP contribution in [0.15, 0.2) is 42.5 Å². The fraction of sp³-hybridized carbons (Fsp3) is 0.200. The molecule has 2 aromatic carbocycles. The van der Waals surface area contributed by atoms with Gasteiger partial charge in [-0.3, -0.25) is 30.6 Å². The number of hydrazine groups is 1. The molecule has 0 bridgehead atoms. The summed E-state index contributed by atoms with van der Waals surface area (Å²) in [6.45, 7) is 2.55. The Morgan fingerprint density at radius 1 is 1.23 bits per heavy atom. The number of benzene rings is 2. The van der Waals surface area contributed by atoms with Crippen molar-refractivity contribution in [3.05, 3.63) is 69.3 Å². The molecule has 0 aliphatic carbocycles. The normalized spacial score (nSPS) is 12.6. The lowest BCUT2D eigenvalue weighted by Gasteiger charge is -2.19. The molecule has 1 heterocycles. The Morgan fingerprint density at radius 2 is 2.00 bits per heavy atom. The number of ether oxygens (including phenoxy) is 3. The van der Waals surface area contributed by atoms with Gasteiger partial charge in [0.15, 0.2) is 6.79 Å². The number of carbonyl (C=O) groups excluding carboxylic acids is 2. The molecule has 30 heavy (non-hydrogen) atoms. The van der Waals surface area contributed by atoms with Crippen LogP contribution in [0.25, 0.3) is 6.08 Å². The van der Waals surface area contributed by atoms with E-state index in [0.717, 1.165) is 6.08 Å². The first-order chi connectivity index (χ1) is 14.5. The summed E-state index contributed by atoms with van der Waals surface area (Å²) in [5, 5.41) is 11.1. The Morgan fingerprint density at radius 3 is 2.70 bits per heavy atom. The molecule has 0 aromatic heterocycles. The maximum atomic E-state index is 12.1. The van der Waals surface area contributed by atoms with Crippen molar-refractivity contribution in [2.75, 3.05) is 13.4 Å². The van der Waals surface area contributed by atoms with Crippen molar-refractivity contribution in [3.8, 4) is 11.5 Å². The highest BCUT2D eigenvalue weighted by atomic mass is 16.7. The molecule has 156 valence electrons. The summed E-state index contributed by atoms with van der Waals surface area (Å²) in [6, 6.07) is 9.09. The fourth-order valence-electron chi connectivity index (χ4n) is 2.73. The molecule has 2 N–H and O–H groups in total. The minimum Gasteiger partial charge on any atom is -0.494 e. The number of non-ortho nitro benzene ring substituents is 1. The van der Waals surface area contributed by atoms with Gasteiger partial charge in [0, 0.05) is 34.9 Å². The second-order valence-electron chi connectivity index (χ2n) is 6.13. The van der Waals surface area contributed by atoms with E-state index in [4.69, 9.17) is 14.2 Å². The van der Waals surface area contributed by atoms with Crippen molar-refractivity contribution in [2.24, 2.45) is 0 Å². The van der Waals surface area contributed by atoms with Crippen molar-refractivity contribution in [2.45, 2.75) is 13.5 Å². The first kappa shape index (κ1) is 20.8. The van der Waals surface area contributed by atoms with Crippen LogP contribution in [0.3, 0.4) is 0 Å². The van der Waals surface area contributed by atoms with E-state index in [1.165, 1.54) is 18.2 Å². The van der Waals surface area contributed by atoms with Crippen molar-refractivity contribution in [1.82, 2.24) is 10.9 Å². The standard InChI is InChI=1S/C20H19N3O7/c1-2-29-17-6-3-13(4-7-17)20(25)22-21-18(24)8-5-14-9-16(23(26)27)10-15-11-28-12-30-19(14)15/h3-10H,2,11-12H2,1H3,(H,21,24)(H,22,25)/b8-5+. The Balaban J connectivity index is 1.64. The van der Waals surface area contributed by atoms with Crippen LogP contribution < -0.4 is 20.3 Å². The van der Waals surface area contributed by atoms with Gasteiger partial charge in [-0.15, -0.1) is 0 Å². The quantitative estimate of drug-likeness (QED) is 0.422. The maximum absolute atomic E-state index is 12.1. The highest BCUT2D eigenvalue weighted by molar-refractivity contribution is 5.98. The predicted octanol–water partition coefficient (Wildman–Crippen LogP) is 2.33. The van der Waals surface area contributed by atoms with E-state index in [-0.39, 0.29) is 19.1 Å². The largest absolute Gasteiger partial charge is 0.494 e. The van der Waals surface area contributed by atoms with E-state index >= 15 is 0 Å². The molecule has 0 radical (unpaired) electrons. The predicted molar refractivity (Wildman–Crippen MR) is 106 cm³/mol. The highest BCUT2D eigenvalue weighted by Gasteiger charge is 2.19. The second-order valence-corrected chi connectivity index (χ2v) is 6.13. The lowest BCUT2D eigenvalue weighted by atomic mass is 10.1. The molecule has 10 nitrogen and oxygen atoms in total. The van der Waals surface area contributed by atoms with Crippen molar-refractivity contribution in [3.63, 3.8) is 0 Å². The summed E-state index contributed by atoms with van der Waals surface area (Å²) in [7, 11) is 0.